The second kappa shape index (κ2) is 8.03. The Morgan fingerprint density at radius 1 is 1.09 bits per heavy atom. The summed E-state index contributed by atoms with van der Waals surface area (Å²) in [5.41, 5.74) is 0.863. The van der Waals surface area contributed by atoms with Gasteiger partial charge in [0.2, 0.25) is 0 Å². The lowest BCUT2D eigenvalue weighted by Crippen LogP contribution is -2.28. The van der Waals surface area contributed by atoms with E-state index in [2.05, 4.69) is 5.32 Å². The molecule has 0 aliphatic rings. The molecule has 0 bridgehead atoms. The van der Waals surface area contributed by atoms with Gasteiger partial charge in [0.1, 0.15) is 11.6 Å². The van der Waals surface area contributed by atoms with Gasteiger partial charge < -0.3 is 19.5 Å². The minimum absolute atomic E-state index is 0.184. The minimum Gasteiger partial charge on any atom is -0.493 e. The van der Waals surface area contributed by atoms with Crippen LogP contribution in [0.2, 0.25) is 0 Å². The number of carbonyl (C=O) groups is 1. The van der Waals surface area contributed by atoms with Gasteiger partial charge >= 0.3 is 0 Å². The summed E-state index contributed by atoms with van der Waals surface area (Å²) >= 11 is 0. The Labute approximate surface area is 134 Å². The molecule has 0 saturated carbocycles. The van der Waals surface area contributed by atoms with Crippen LogP contribution in [0.4, 0.5) is 4.39 Å². The van der Waals surface area contributed by atoms with Crippen molar-refractivity contribution in [1.29, 1.82) is 0 Å². The fraction of sp³-hybridized carbons (Fsp3) is 0.235. The molecule has 1 amide bonds. The molecule has 0 unspecified atom stereocenters. The Kier molecular flexibility index (Phi) is 5.80. The number of rotatable bonds is 7. The third-order valence-corrected chi connectivity index (χ3v) is 3.10. The number of amides is 1. The lowest BCUT2D eigenvalue weighted by molar-refractivity contribution is -0.123. The predicted molar refractivity (Wildman–Crippen MR) is 83.3 cm³/mol. The summed E-state index contributed by atoms with van der Waals surface area (Å²) in [5.74, 6) is 0.816. The maximum Gasteiger partial charge on any atom is 0.258 e. The molecule has 0 aliphatic carbocycles. The van der Waals surface area contributed by atoms with Crippen LogP contribution < -0.4 is 19.5 Å². The molecule has 1 N–H and O–H groups in total. The summed E-state index contributed by atoms with van der Waals surface area (Å²) in [5, 5.41) is 2.72. The van der Waals surface area contributed by atoms with Gasteiger partial charge in [-0.15, -0.1) is 0 Å². The van der Waals surface area contributed by atoms with Gasteiger partial charge in [0.05, 0.1) is 14.2 Å². The Morgan fingerprint density at radius 3 is 2.57 bits per heavy atom. The number of halogens is 1. The highest BCUT2D eigenvalue weighted by atomic mass is 19.1. The first-order valence-electron chi connectivity index (χ1n) is 6.98. The molecule has 0 fully saturated rings. The molecular weight excluding hydrogens is 301 g/mol. The molecule has 0 spiro atoms. The highest BCUT2D eigenvalue weighted by molar-refractivity contribution is 5.77. The number of hydrogen-bond acceptors (Lipinski definition) is 4. The molecule has 0 atom stereocenters. The van der Waals surface area contributed by atoms with Crippen LogP contribution in [0.1, 0.15) is 5.56 Å². The lowest BCUT2D eigenvalue weighted by atomic mass is 10.2. The zero-order valence-corrected chi connectivity index (χ0v) is 13.0. The van der Waals surface area contributed by atoms with E-state index in [0.717, 1.165) is 5.56 Å². The van der Waals surface area contributed by atoms with Gasteiger partial charge in [0, 0.05) is 12.6 Å². The van der Waals surface area contributed by atoms with E-state index in [4.69, 9.17) is 14.2 Å². The summed E-state index contributed by atoms with van der Waals surface area (Å²) in [4.78, 5) is 11.8. The van der Waals surface area contributed by atoms with Crippen molar-refractivity contribution in [3.63, 3.8) is 0 Å². The first-order valence-corrected chi connectivity index (χ1v) is 6.98. The van der Waals surface area contributed by atoms with Crippen molar-refractivity contribution in [2.75, 3.05) is 20.8 Å². The fourth-order valence-electron chi connectivity index (χ4n) is 1.95. The van der Waals surface area contributed by atoms with E-state index in [-0.39, 0.29) is 12.5 Å². The van der Waals surface area contributed by atoms with E-state index >= 15 is 0 Å². The first-order chi connectivity index (χ1) is 11.1. The Hall–Kier alpha value is -2.76. The maximum absolute atomic E-state index is 13.0. The van der Waals surface area contributed by atoms with Gasteiger partial charge in [-0.1, -0.05) is 12.1 Å². The van der Waals surface area contributed by atoms with Crippen LogP contribution in [0.25, 0.3) is 0 Å². The Balaban J connectivity index is 1.84. The molecule has 0 saturated heterocycles. The van der Waals surface area contributed by atoms with Gasteiger partial charge in [0.25, 0.3) is 5.91 Å². The largest absolute Gasteiger partial charge is 0.493 e. The van der Waals surface area contributed by atoms with Crippen molar-refractivity contribution in [2.24, 2.45) is 0 Å². The van der Waals surface area contributed by atoms with Gasteiger partial charge in [-0.05, 0) is 29.8 Å². The molecule has 0 heterocycles. The van der Waals surface area contributed by atoms with E-state index in [1.54, 1.807) is 32.4 Å². The first kappa shape index (κ1) is 16.6. The molecular formula is C17H18FNO4. The van der Waals surface area contributed by atoms with Crippen molar-refractivity contribution in [3.8, 4) is 17.2 Å². The number of methoxy groups -OCH3 is 2. The number of nitrogens with one attached hydrogen (secondary N) is 1. The van der Waals surface area contributed by atoms with Crippen LogP contribution in [0, 0.1) is 5.82 Å². The third kappa shape index (κ3) is 4.88. The van der Waals surface area contributed by atoms with Crippen molar-refractivity contribution in [3.05, 3.63) is 53.8 Å². The number of hydrogen-bond donors (Lipinski definition) is 1. The molecule has 0 radical (unpaired) electrons. The van der Waals surface area contributed by atoms with E-state index in [1.165, 1.54) is 18.2 Å². The number of benzene rings is 2. The zero-order chi connectivity index (χ0) is 16.7. The van der Waals surface area contributed by atoms with Crippen LogP contribution in [-0.2, 0) is 11.3 Å². The number of carbonyl (C=O) groups excluding carboxylic acids is 1. The zero-order valence-electron chi connectivity index (χ0n) is 13.0. The van der Waals surface area contributed by atoms with E-state index in [0.29, 0.717) is 23.8 Å². The second-order valence-electron chi connectivity index (χ2n) is 4.71. The number of ether oxygens (including phenoxy) is 3. The Bertz CT molecular complexity index is 675. The molecule has 122 valence electrons. The van der Waals surface area contributed by atoms with Crippen LogP contribution >= 0.6 is 0 Å². The third-order valence-electron chi connectivity index (χ3n) is 3.10. The van der Waals surface area contributed by atoms with Gasteiger partial charge in [-0.2, -0.15) is 0 Å². The second-order valence-corrected chi connectivity index (χ2v) is 4.71. The van der Waals surface area contributed by atoms with E-state index < -0.39 is 5.82 Å². The highest BCUT2D eigenvalue weighted by Gasteiger charge is 2.07. The maximum atomic E-state index is 13.0. The molecule has 2 aromatic rings. The van der Waals surface area contributed by atoms with Crippen LogP contribution in [-0.4, -0.2) is 26.7 Å². The molecule has 0 aromatic heterocycles. The summed E-state index contributed by atoms with van der Waals surface area (Å²) in [6.07, 6.45) is 0. The summed E-state index contributed by atoms with van der Waals surface area (Å²) < 4.78 is 28.6. The van der Waals surface area contributed by atoms with Gasteiger partial charge in [-0.3, -0.25) is 4.79 Å². The normalized spacial score (nSPS) is 10.0. The fourth-order valence-corrected chi connectivity index (χ4v) is 1.95. The summed E-state index contributed by atoms with van der Waals surface area (Å²) in [6.45, 7) is 0.141. The highest BCUT2D eigenvalue weighted by Crippen LogP contribution is 2.27. The van der Waals surface area contributed by atoms with Crippen molar-refractivity contribution in [2.45, 2.75) is 6.54 Å². The Morgan fingerprint density at radius 2 is 1.87 bits per heavy atom. The summed E-state index contributed by atoms with van der Waals surface area (Å²) in [7, 11) is 3.11. The van der Waals surface area contributed by atoms with Crippen LogP contribution in [0.3, 0.4) is 0 Å². The predicted octanol–water partition coefficient (Wildman–Crippen LogP) is 2.54. The average molecular weight is 319 g/mol. The monoisotopic (exact) mass is 319 g/mol. The SMILES string of the molecule is COc1ccc(CNC(=O)COc2cccc(F)c2)cc1OC. The molecule has 6 heteroatoms. The minimum atomic E-state index is -0.409. The average Bonchev–Trinajstić information content (AvgIpc) is 2.57. The quantitative estimate of drug-likeness (QED) is 0.852. The van der Waals surface area contributed by atoms with Crippen LogP contribution in [0.15, 0.2) is 42.5 Å². The molecule has 23 heavy (non-hydrogen) atoms. The van der Waals surface area contributed by atoms with Crippen molar-refractivity contribution < 1.29 is 23.4 Å². The molecule has 0 aliphatic heterocycles. The van der Waals surface area contributed by atoms with Crippen molar-refractivity contribution in [1.82, 2.24) is 5.32 Å². The molecule has 2 aromatic carbocycles. The van der Waals surface area contributed by atoms with Gasteiger partial charge in [-0.25, -0.2) is 4.39 Å². The van der Waals surface area contributed by atoms with Crippen LogP contribution in [0.5, 0.6) is 17.2 Å². The molecule has 2 rings (SSSR count). The smallest absolute Gasteiger partial charge is 0.258 e. The van der Waals surface area contributed by atoms with E-state index in [9.17, 15) is 9.18 Å². The van der Waals surface area contributed by atoms with Crippen molar-refractivity contribution >= 4 is 5.91 Å². The lowest BCUT2D eigenvalue weighted by Gasteiger charge is -2.11. The van der Waals surface area contributed by atoms with Gasteiger partial charge in [0.15, 0.2) is 18.1 Å². The standard InChI is InChI=1S/C17H18FNO4/c1-21-15-7-6-12(8-16(15)22-2)10-19-17(20)11-23-14-5-3-4-13(18)9-14/h3-9H,10-11H2,1-2H3,(H,19,20). The topological polar surface area (TPSA) is 56.8 Å². The summed E-state index contributed by atoms with van der Waals surface area (Å²) in [6, 6.07) is 11.0. The van der Waals surface area contributed by atoms with E-state index in [1.807, 2.05) is 6.07 Å². The molecule has 5 nitrogen and oxygen atoms in total.